The molecule has 0 N–H and O–H groups in total. The van der Waals surface area contributed by atoms with Crippen LogP contribution in [0.15, 0.2) is 59.6 Å². The van der Waals surface area contributed by atoms with Crippen molar-refractivity contribution in [3.05, 3.63) is 63.7 Å². The van der Waals surface area contributed by atoms with Gasteiger partial charge in [0.1, 0.15) is 5.71 Å². The Balaban J connectivity index is 2.25. The molecule has 2 rings (SSSR count). The summed E-state index contributed by atoms with van der Waals surface area (Å²) in [5.74, 6) is -0.766. The van der Waals surface area contributed by atoms with E-state index >= 15 is 0 Å². The summed E-state index contributed by atoms with van der Waals surface area (Å²) in [6, 6.07) is 16.2. The molecule has 0 bridgehead atoms. The third-order valence-electron chi connectivity index (χ3n) is 2.94. The monoisotopic (exact) mass is 407 g/mol. The number of hydrogen-bond donors (Lipinski definition) is 0. The second kappa shape index (κ2) is 7.84. The smallest absolute Gasteiger partial charge is 0.352 e. The van der Waals surface area contributed by atoms with Gasteiger partial charge >= 0.3 is 5.97 Å². The molecule has 0 saturated heterocycles. The lowest BCUT2D eigenvalue weighted by molar-refractivity contribution is -0.132. The van der Waals surface area contributed by atoms with Crippen LogP contribution in [0, 0.1) is 3.57 Å². The molecule has 0 aliphatic rings. The van der Waals surface area contributed by atoms with Crippen molar-refractivity contribution in [2.75, 3.05) is 7.11 Å². The molecular formula is C17H14INO3. The summed E-state index contributed by atoms with van der Waals surface area (Å²) in [6.45, 7) is 0. The maximum absolute atomic E-state index is 12.2. The second-order valence-electron chi connectivity index (χ2n) is 4.49. The number of carbonyl (C=O) groups excluding carboxylic acids is 2. The zero-order valence-electron chi connectivity index (χ0n) is 12.0. The number of halogens is 1. The van der Waals surface area contributed by atoms with Crippen LogP contribution in [-0.2, 0) is 9.53 Å². The van der Waals surface area contributed by atoms with E-state index in [9.17, 15) is 9.59 Å². The lowest BCUT2D eigenvalue weighted by Crippen LogP contribution is -2.19. The Morgan fingerprint density at radius 2 is 1.68 bits per heavy atom. The Bertz CT molecular complexity index is 694. The molecule has 4 nitrogen and oxygen atoms in total. The van der Waals surface area contributed by atoms with Crippen LogP contribution in [0.25, 0.3) is 0 Å². The highest BCUT2D eigenvalue weighted by Gasteiger charge is 2.17. The Labute approximate surface area is 142 Å². The highest BCUT2D eigenvalue weighted by molar-refractivity contribution is 14.1. The van der Waals surface area contributed by atoms with Gasteiger partial charge in [-0.05, 0) is 46.9 Å². The van der Waals surface area contributed by atoms with Gasteiger partial charge in [-0.2, -0.15) is 0 Å². The van der Waals surface area contributed by atoms with Crippen LogP contribution in [0.3, 0.4) is 0 Å². The van der Waals surface area contributed by atoms with Gasteiger partial charge < -0.3 is 4.74 Å². The van der Waals surface area contributed by atoms with Crippen LogP contribution in [0.2, 0.25) is 0 Å². The predicted octanol–water partition coefficient (Wildman–Crippen LogP) is 3.81. The number of rotatable bonds is 5. The number of ether oxygens (including phenoxy) is 1. The van der Waals surface area contributed by atoms with Crippen molar-refractivity contribution in [3.8, 4) is 0 Å². The third kappa shape index (κ3) is 4.49. The van der Waals surface area contributed by atoms with E-state index < -0.39 is 5.97 Å². The van der Waals surface area contributed by atoms with E-state index in [-0.39, 0.29) is 17.9 Å². The van der Waals surface area contributed by atoms with Crippen LogP contribution < -0.4 is 0 Å². The van der Waals surface area contributed by atoms with E-state index in [1.54, 1.807) is 36.4 Å². The zero-order valence-corrected chi connectivity index (χ0v) is 14.1. The first-order chi connectivity index (χ1) is 10.6. The highest BCUT2D eigenvalue weighted by Crippen LogP contribution is 2.16. The molecule has 112 valence electrons. The molecule has 0 aromatic heterocycles. The number of hydrogen-bond acceptors (Lipinski definition) is 4. The summed E-state index contributed by atoms with van der Waals surface area (Å²) in [5.41, 5.74) is 1.25. The van der Waals surface area contributed by atoms with E-state index in [0.29, 0.717) is 11.3 Å². The first kappa shape index (κ1) is 16.4. The van der Waals surface area contributed by atoms with Crippen molar-refractivity contribution in [2.45, 2.75) is 6.42 Å². The van der Waals surface area contributed by atoms with Gasteiger partial charge in [0.15, 0.2) is 5.78 Å². The summed E-state index contributed by atoms with van der Waals surface area (Å²) in [5, 5.41) is 0. The second-order valence-corrected chi connectivity index (χ2v) is 5.74. The molecule has 0 saturated carbocycles. The molecule has 0 unspecified atom stereocenters. The Kier molecular flexibility index (Phi) is 5.83. The molecule has 0 heterocycles. The predicted molar refractivity (Wildman–Crippen MR) is 93.7 cm³/mol. The van der Waals surface area contributed by atoms with Crippen molar-refractivity contribution >= 4 is 45.7 Å². The topological polar surface area (TPSA) is 55.7 Å². The fraction of sp³-hybridized carbons (Fsp3) is 0.118. The molecule has 22 heavy (non-hydrogen) atoms. The van der Waals surface area contributed by atoms with E-state index in [1.165, 1.54) is 7.11 Å². The minimum absolute atomic E-state index is 0.0946. The number of carbonyl (C=O) groups is 2. The minimum atomic E-state index is -0.595. The first-order valence-electron chi connectivity index (χ1n) is 6.60. The lowest BCUT2D eigenvalue weighted by atomic mass is 10.1. The van der Waals surface area contributed by atoms with Gasteiger partial charge in [-0.25, -0.2) is 9.79 Å². The molecule has 2 aromatic rings. The number of esters is 1. The Morgan fingerprint density at radius 3 is 2.27 bits per heavy atom. The fourth-order valence-corrected chi connectivity index (χ4v) is 2.18. The number of nitrogens with zero attached hydrogens (tertiary/aromatic N) is 1. The quantitative estimate of drug-likeness (QED) is 0.328. The molecule has 0 aliphatic heterocycles. The number of aliphatic imine (C=N–C) groups is 1. The first-order valence-corrected chi connectivity index (χ1v) is 7.67. The Morgan fingerprint density at radius 1 is 1.05 bits per heavy atom. The summed E-state index contributed by atoms with van der Waals surface area (Å²) in [6.07, 6.45) is -0.0946. The van der Waals surface area contributed by atoms with Gasteiger partial charge in [0.25, 0.3) is 0 Å². The largest absolute Gasteiger partial charge is 0.465 e. The van der Waals surface area contributed by atoms with Crippen molar-refractivity contribution in [2.24, 2.45) is 4.99 Å². The molecule has 0 radical (unpaired) electrons. The molecule has 2 aromatic carbocycles. The fourth-order valence-electron chi connectivity index (χ4n) is 1.82. The number of methoxy groups -OCH3 is 1. The maximum atomic E-state index is 12.2. The minimum Gasteiger partial charge on any atom is -0.465 e. The molecular weight excluding hydrogens is 393 g/mol. The normalized spacial score (nSPS) is 11.1. The number of ketones is 1. The van der Waals surface area contributed by atoms with Crippen molar-refractivity contribution < 1.29 is 14.3 Å². The van der Waals surface area contributed by atoms with Gasteiger partial charge in [0, 0.05) is 9.13 Å². The van der Waals surface area contributed by atoms with Crippen LogP contribution in [0.4, 0.5) is 5.69 Å². The molecule has 0 fully saturated rings. The van der Waals surface area contributed by atoms with Gasteiger partial charge in [-0.3, -0.25) is 4.79 Å². The van der Waals surface area contributed by atoms with Crippen molar-refractivity contribution in [3.63, 3.8) is 0 Å². The summed E-state index contributed by atoms with van der Waals surface area (Å²) in [4.78, 5) is 28.3. The van der Waals surface area contributed by atoms with Crippen LogP contribution >= 0.6 is 22.6 Å². The number of benzene rings is 2. The molecule has 0 amide bonds. The van der Waals surface area contributed by atoms with Gasteiger partial charge in [0.2, 0.25) is 0 Å². The summed E-state index contributed by atoms with van der Waals surface area (Å²) < 4.78 is 5.79. The van der Waals surface area contributed by atoms with Crippen molar-refractivity contribution in [1.82, 2.24) is 0 Å². The van der Waals surface area contributed by atoms with Gasteiger partial charge in [-0.15, -0.1) is 0 Å². The molecule has 0 aliphatic carbocycles. The summed E-state index contributed by atoms with van der Waals surface area (Å²) >= 11 is 2.18. The van der Waals surface area contributed by atoms with Crippen LogP contribution in [0.1, 0.15) is 16.8 Å². The van der Waals surface area contributed by atoms with Crippen LogP contribution in [0.5, 0.6) is 0 Å². The standard InChI is InChI=1S/C17H14INO3/c1-22-17(21)15(19-14-9-7-13(18)8-10-14)11-16(20)12-5-3-2-4-6-12/h2-10H,11H2,1H3. The van der Waals surface area contributed by atoms with E-state index in [1.807, 2.05) is 18.2 Å². The lowest BCUT2D eigenvalue weighted by Gasteiger charge is -2.05. The van der Waals surface area contributed by atoms with Gasteiger partial charge in [-0.1, -0.05) is 30.3 Å². The van der Waals surface area contributed by atoms with E-state index in [2.05, 4.69) is 27.6 Å². The molecule has 0 spiro atoms. The zero-order chi connectivity index (χ0) is 15.9. The highest BCUT2D eigenvalue weighted by atomic mass is 127. The molecule has 5 heteroatoms. The van der Waals surface area contributed by atoms with E-state index in [4.69, 9.17) is 4.74 Å². The average molecular weight is 407 g/mol. The third-order valence-corrected chi connectivity index (χ3v) is 3.65. The van der Waals surface area contributed by atoms with Gasteiger partial charge in [0.05, 0.1) is 19.2 Å². The van der Waals surface area contributed by atoms with E-state index in [0.717, 1.165) is 3.57 Å². The van der Waals surface area contributed by atoms with Crippen molar-refractivity contribution in [1.29, 1.82) is 0 Å². The maximum Gasteiger partial charge on any atom is 0.352 e. The molecule has 0 atom stereocenters. The SMILES string of the molecule is COC(=O)C(CC(=O)c1ccccc1)=Nc1ccc(I)cc1. The Hall–Kier alpha value is -2.02. The van der Waals surface area contributed by atoms with Crippen LogP contribution in [-0.4, -0.2) is 24.6 Å². The summed E-state index contributed by atoms with van der Waals surface area (Å²) in [7, 11) is 1.28. The average Bonchev–Trinajstić information content (AvgIpc) is 2.56. The number of Topliss-reactive ketones (excluding diaryl/α,β-unsaturated/α-hetero) is 1.